The maximum atomic E-state index is 13.3. The van der Waals surface area contributed by atoms with E-state index < -0.39 is 0 Å². The number of carbonyl (C=O) groups is 2. The summed E-state index contributed by atoms with van der Waals surface area (Å²) in [4.78, 5) is 26.3. The summed E-state index contributed by atoms with van der Waals surface area (Å²) in [6.07, 6.45) is 4.55. The molecule has 4 heteroatoms. The Morgan fingerprint density at radius 1 is 0.969 bits per heavy atom. The molecule has 1 aromatic heterocycles. The standard InChI is InChI=1S/C28H33NO3/c1-4-6-13-21(5-2)19-29-28(31)26-20(3)32-27(23-16-11-8-12-17-23)24(26)18-25(30)22-14-9-7-10-15-22/h7-12,14-17,21H,4-6,13,18-19H2,1-3H3,(H,29,31). The molecule has 1 atom stereocenters. The van der Waals surface area contributed by atoms with Gasteiger partial charge in [-0.25, -0.2) is 0 Å². The molecule has 0 saturated heterocycles. The summed E-state index contributed by atoms with van der Waals surface area (Å²) < 4.78 is 6.07. The SMILES string of the molecule is CCCCC(CC)CNC(=O)c1c(C)oc(-c2ccccc2)c1CC(=O)c1ccccc1. The lowest BCUT2D eigenvalue weighted by atomic mass is 9.95. The number of unbranched alkanes of at least 4 members (excludes halogenated alkanes) is 1. The van der Waals surface area contributed by atoms with Crippen molar-refractivity contribution in [1.82, 2.24) is 5.32 Å². The lowest BCUT2D eigenvalue weighted by Crippen LogP contribution is -2.30. The highest BCUT2D eigenvalue weighted by Crippen LogP contribution is 2.32. The Balaban J connectivity index is 1.91. The fraction of sp³-hybridized carbons (Fsp3) is 0.357. The summed E-state index contributed by atoms with van der Waals surface area (Å²) in [6.45, 7) is 6.77. The van der Waals surface area contributed by atoms with Crippen LogP contribution < -0.4 is 5.32 Å². The van der Waals surface area contributed by atoms with Gasteiger partial charge in [0.1, 0.15) is 11.5 Å². The molecule has 0 saturated carbocycles. The highest BCUT2D eigenvalue weighted by Gasteiger charge is 2.26. The van der Waals surface area contributed by atoms with Gasteiger partial charge in [0.2, 0.25) is 0 Å². The Labute approximate surface area is 191 Å². The molecule has 2 aromatic carbocycles. The van der Waals surface area contributed by atoms with Gasteiger partial charge in [0.25, 0.3) is 5.91 Å². The molecule has 0 aliphatic heterocycles. The van der Waals surface area contributed by atoms with Crippen LogP contribution in [0.15, 0.2) is 65.1 Å². The number of hydrogen-bond donors (Lipinski definition) is 1. The maximum Gasteiger partial charge on any atom is 0.255 e. The van der Waals surface area contributed by atoms with Gasteiger partial charge in [-0.05, 0) is 19.3 Å². The molecule has 1 amide bonds. The first kappa shape index (κ1) is 23.5. The summed E-state index contributed by atoms with van der Waals surface area (Å²) in [5.41, 5.74) is 2.63. The number of Topliss-reactive ketones (excluding diaryl/α,β-unsaturated/α-hetero) is 1. The molecule has 3 rings (SSSR count). The Morgan fingerprint density at radius 2 is 1.62 bits per heavy atom. The highest BCUT2D eigenvalue weighted by molar-refractivity contribution is 6.03. The smallest absolute Gasteiger partial charge is 0.255 e. The molecule has 1 heterocycles. The monoisotopic (exact) mass is 431 g/mol. The molecule has 3 aromatic rings. The minimum absolute atomic E-state index is 0.0352. The normalized spacial score (nSPS) is 11.8. The Bertz CT molecular complexity index is 1020. The Hall–Kier alpha value is -3.14. The van der Waals surface area contributed by atoms with Crippen molar-refractivity contribution in [2.75, 3.05) is 6.54 Å². The highest BCUT2D eigenvalue weighted by atomic mass is 16.3. The number of benzene rings is 2. The molecular weight excluding hydrogens is 398 g/mol. The number of amides is 1. The van der Waals surface area contributed by atoms with E-state index in [1.165, 1.54) is 0 Å². The van der Waals surface area contributed by atoms with Gasteiger partial charge in [-0.15, -0.1) is 0 Å². The van der Waals surface area contributed by atoms with Gasteiger partial charge < -0.3 is 9.73 Å². The molecule has 32 heavy (non-hydrogen) atoms. The molecular formula is C28H33NO3. The molecule has 1 N–H and O–H groups in total. The van der Waals surface area contributed by atoms with Crippen LogP contribution in [0.5, 0.6) is 0 Å². The van der Waals surface area contributed by atoms with Crippen molar-refractivity contribution in [3.8, 4) is 11.3 Å². The summed E-state index contributed by atoms with van der Waals surface area (Å²) >= 11 is 0. The van der Waals surface area contributed by atoms with Crippen LogP contribution >= 0.6 is 0 Å². The second kappa shape index (κ2) is 11.5. The predicted octanol–water partition coefficient (Wildman–Crippen LogP) is 6.63. The lowest BCUT2D eigenvalue weighted by molar-refractivity contribution is 0.0943. The maximum absolute atomic E-state index is 13.3. The zero-order chi connectivity index (χ0) is 22.9. The lowest BCUT2D eigenvalue weighted by Gasteiger charge is -2.15. The summed E-state index contributed by atoms with van der Waals surface area (Å²) in [5, 5.41) is 3.11. The largest absolute Gasteiger partial charge is 0.460 e. The number of nitrogens with one attached hydrogen (secondary N) is 1. The quantitative estimate of drug-likeness (QED) is 0.347. The second-order valence-corrected chi connectivity index (χ2v) is 8.30. The van der Waals surface area contributed by atoms with Crippen LogP contribution in [-0.2, 0) is 6.42 Å². The van der Waals surface area contributed by atoms with Gasteiger partial charge in [-0.3, -0.25) is 9.59 Å². The van der Waals surface area contributed by atoms with E-state index >= 15 is 0 Å². The third-order valence-electron chi connectivity index (χ3n) is 5.97. The third-order valence-corrected chi connectivity index (χ3v) is 5.97. The summed E-state index contributed by atoms with van der Waals surface area (Å²) in [6, 6.07) is 18.8. The van der Waals surface area contributed by atoms with Crippen LogP contribution in [0.3, 0.4) is 0 Å². The van der Waals surface area contributed by atoms with Gasteiger partial charge in [-0.1, -0.05) is 93.8 Å². The third kappa shape index (κ3) is 5.76. The van der Waals surface area contributed by atoms with Crippen molar-refractivity contribution >= 4 is 11.7 Å². The van der Waals surface area contributed by atoms with Crippen molar-refractivity contribution in [1.29, 1.82) is 0 Å². The van der Waals surface area contributed by atoms with Crippen molar-refractivity contribution < 1.29 is 14.0 Å². The Morgan fingerprint density at radius 3 is 2.25 bits per heavy atom. The van der Waals surface area contributed by atoms with Crippen LogP contribution in [0.1, 0.15) is 71.6 Å². The van der Waals surface area contributed by atoms with Crippen LogP contribution in [0.4, 0.5) is 0 Å². The van der Waals surface area contributed by atoms with E-state index in [4.69, 9.17) is 4.42 Å². The first-order valence-electron chi connectivity index (χ1n) is 11.6. The molecule has 1 unspecified atom stereocenters. The van der Waals surface area contributed by atoms with Crippen LogP contribution in [0.2, 0.25) is 0 Å². The van der Waals surface area contributed by atoms with E-state index in [1.54, 1.807) is 19.1 Å². The van der Waals surface area contributed by atoms with Crippen LogP contribution in [0, 0.1) is 12.8 Å². The van der Waals surface area contributed by atoms with Gasteiger partial charge >= 0.3 is 0 Å². The van der Waals surface area contributed by atoms with E-state index in [-0.39, 0.29) is 18.1 Å². The molecule has 4 nitrogen and oxygen atoms in total. The zero-order valence-electron chi connectivity index (χ0n) is 19.3. The van der Waals surface area contributed by atoms with E-state index in [1.807, 2.05) is 48.5 Å². The van der Waals surface area contributed by atoms with Gasteiger partial charge in [0.15, 0.2) is 5.78 Å². The van der Waals surface area contributed by atoms with E-state index in [0.717, 1.165) is 31.2 Å². The van der Waals surface area contributed by atoms with Gasteiger partial charge in [0, 0.05) is 29.7 Å². The van der Waals surface area contributed by atoms with Crippen molar-refractivity contribution in [3.05, 3.63) is 83.1 Å². The fourth-order valence-electron chi connectivity index (χ4n) is 4.04. The van der Waals surface area contributed by atoms with Crippen LogP contribution in [-0.4, -0.2) is 18.2 Å². The molecule has 0 bridgehead atoms. The molecule has 0 aliphatic carbocycles. The van der Waals surface area contributed by atoms with E-state index in [2.05, 4.69) is 19.2 Å². The number of furan rings is 1. The van der Waals surface area contributed by atoms with E-state index in [9.17, 15) is 9.59 Å². The molecule has 0 fully saturated rings. The zero-order valence-corrected chi connectivity index (χ0v) is 19.3. The predicted molar refractivity (Wildman–Crippen MR) is 129 cm³/mol. The average Bonchev–Trinajstić information content (AvgIpc) is 3.15. The number of rotatable bonds is 11. The van der Waals surface area contributed by atoms with E-state index in [0.29, 0.717) is 40.7 Å². The molecule has 0 radical (unpaired) electrons. The summed E-state index contributed by atoms with van der Waals surface area (Å²) in [5.74, 6) is 1.38. The first-order chi connectivity index (χ1) is 15.5. The number of carbonyl (C=O) groups excluding carboxylic acids is 2. The molecule has 0 spiro atoms. The number of ketones is 1. The first-order valence-corrected chi connectivity index (χ1v) is 11.6. The van der Waals surface area contributed by atoms with Gasteiger partial charge in [0.05, 0.1) is 5.56 Å². The minimum atomic E-state index is -0.167. The number of hydrogen-bond acceptors (Lipinski definition) is 3. The fourth-order valence-corrected chi connectivity index (χ4v) is 4.04. The van der Waals surface area contributed by atoms with Crippen molar-refractivity contribution in [2.24, 2.45) is 5.92 Å². The average molecular weight is 432 g/mol. The van der Waals surface area contributed by atoms with Crippen LogP contribution in [0.25, 0.3) is 11.3 Å². The summed E-state index contributed by atoms with van der Waals surface area (Å²) in [7, 11) is 0. The number of aryl methyl sites for hydroxylation is 1. The van der Waals surface area contributed by atoms with Crippen molar-refractivity contribution in [2.45, 2.75) is 52.9 Å². The second-order valence-electron chi connectivity index (χ2n) is 8.30. The van der Waals surface area contributed by atoms with Crippen molar-refractivity contribution in [3.63, 3.8) is 0 Å². The molecule has 0 aliphatic rings. The van der Waals surface area contributed by atoms with Gasteiger partial charge in [-0.2, -0.15) is 0 Å². The molecule has 168 valence electrons. The minimum Gasteiger partial charge on any atom is -0.460 e. The Kier molecular flexibility index (Phi) is 8.43. The topological polar surface area (TPSA) is 59.3 Å².